The molecule has 0 spiro atoms. The Morgan fingerprint density at radius 1 is 1.29 bits per heavy atom. The highest BCUT2D eigenvalue weighted by Gasteiger charge is 2.32. The Kier molecular flexibility index (Phi) is 4.34. The summed E-state index contributed by atoms with van der Waals surface area (Å²) >= 11 is 0. The van der Waals surface area contributed by atoms with Gasteiger partial charge in [-0.1, -0.05) is 0 Å². The molecule has 2 aromatic heterocycles. The van der Waals surface area contributed by atoms with Crippen LogP contribution < -0.4 is 0 Å². The Morgan fingerprint density at radius 3 is 2.62 bits per heavy atom. The lowest BCUT2D eigenvalue weighted by molar-refractivity contribution is 0.0553. The van der Waals surface area contributed by atoms with Crippen molar-refractivity contribution >= 4 is 11.6 Å². The van der Waals surface area contributed by atoms with E-state index in [1.54, 1.807) is 10.7 Å². The highest BCUT2D eigenvalue weighted by atomic mass is 16.2. The van der Waals surface area contributed by atoms with Crippen molar-refractivity contribution in [3.05, 3.63) is 29.2 Å². The van der Waals surface area contributed by atoms with Crippen molar-refractivity contribution in [3.63, 3.8) is 0 Å². The van der Waals surface area contributed by atoms with E-state index in [1.165, 1.54) is 12.8 Å². The molecule has 0 radical (unpaired) electrons. The predicted octanol–water partition coefficient (Wildman–Crippen LogP) is 2.29. The van der Waals surface area contributed by atoms with Crippen molar-refractivity contribution in [1.82, 2.24) is 24.4 Å². The molecule has 1 saturated heterocycles. The number of hydrogen-bond donors (Lipinski definition) is 0. The van der Waals surface area contributed by atoms with Crippen molar-refractivity contribution < 1.29 is 4.79 Å². The second-order valence-electron chi connectivity index (χ2n) is 7.47. The molecule has 24 heavy (non-hydrogen) atoms. The summed E-state index contributed by atoms with van der Waals surface area (Å²) in [5, 5.41) is 4.44. The second-order valence-corrected chi connectivity index (χ2v) is 7.47. The van der Waals surface area contributed by atoms with Gasteiger partial charge in [0.2, 0.25) is 0 Å². The van der Waals surface area contributed by atoms with Gasteiger partial charge < -0.3 is 9.80 Å². The van der Waals surface area contributed by atoms with Crippen molar-refractivity contribution in [2.75, 3.05) is 26.7 Å². The maximum atomic E-state index is 13.1. The van der Waals surface area contributed by atoms with E-state index in [4.69, 9.17) is 0 Å². The predicted molar refractivity (Wildman–Crippen MR) is 94.3 cm³/mol. The maximum Gasteiger partial charge on any atom is 0.257 e. The third-order valence-electron chi connectivity index (χ3n) is 5.10. The first kappa shape index (κ1) is 16.9. The molecule has 2 aromatic rings. The molecule has 3 heterocycles. The normalized spacial score (nSPS) is 16.0. The van der Waals surface area contributed by atoms with Gasteiger partial charge in [-0.25, -0.2) is 9.50 Å². The van der Waals surface area contributed by atoms with Crippen LogP contribution in [0, 0.1) is 13.8 Å². The number of fused-ring (bicyclic) bond motifs is 1. The van der Waals surface area contributed by atoms with Crippen molar-refractivity contribution in [2.45, 2.75) is 46.1 Å². The Balaban J connectivity index is 1.85. The van der Waals surface area contributed by atoms with Crippen LogP contribution in [0.15, 0.2) is 12.3 Å². The van der Waals surface area contributed by atoms with Crippen LogP contribution in [-0.4, -0.2) is 62.5 Å². The number of hydrogen-bond acceptors (Lipinski definition) is 4. The van der Waals surface area contributed by atoms with Crippen molar-refractivity contribution in [3.8, 4) is 0 Å². The van der Waals surface area contributed by atoms with Gasteiger partial charge in [-0.05, 0) is 53.6 Å². The topological polar surface area (TPSA) is 53.7 Å². The summed E-state index contributed by atoms with van der Waals surface area (Å²) in [7, 11) is 1.89. The summed E-state index contributed by atoms with van der Waals surface area (Å²) in [6, 6.07) is 1.92. The lowest BCUT2D eigenvalue weighted by Crippen LogP contribution is -2.52. The van der Waals surface area contributed by atoms with Crippen LogP contribution in [0.3, 0.4) is 0 Å². The van der Waals surface area contributed by atoms with E-state index in [9.17, 15) is 4.79 Å². The lowest BCUT2D eigenvalue weighted by Gasteiger charge is -2.38. The van der Waals surface area contributed by atoms with Crippen molar-refractivity contribution in [1.29, 1.82) is 0 Å². The average Bonchev–Trinajstić information content (AvgIpc) is 3.15. The van der Waals surface area contributed by atoms with Crippen LogP contribution in [-0.2, 0) is 0 Å². The van der Waals surface area contributed by atoms with Crippen molar-refractivity contribution in [2.24, 2.45) is 0 Å². The van der Waals surface area contributed by atoms with Gasteiger partial charge >= 0.3 is 0 Å². The summed E-state index contributed by atoms with van der Waals surface area (Å²) in [5.74, 6) is -0.000694. The Bertz CT molecular complexity index is 758. The van der Waals surface area contributed by atoms with Crippen LogP contribution in [0.4, 0.5) is 0 Å². The lowest BCUT2D eigenvalue weighted by atomic mass is 10.0. The molecule has 1 aliphatic heterocycles. The SMILES string of the molecule is Cc1cc2ncc(C(=O)N(C)C(C)(C)CN3CCCC3)c(C)n2n1. The molecular weight excluding hydrogens is 302 g/mol. The van der Waals surface area contributed by atoms with Crippen LogP contribution in [0.25, 0.3) is 5.65 Å². The minimum absolute atomic E-state index is 0.000694. The zero-order chi connectivity index (χ0) is 17.5. The third kappa shape index (κ3) is 3.02. The van der Waals surface area contributed by atoms with E-state index in [0.29, 0.717) is 5.56 Å². The van der Waals surface area contributed by atoms with Crippen LogP contribution >= 0.6 is 0 Å². The van der Waals surface area contributed by atoms with E-state index in [2.05, 4.69) is 28.8 Å². The first-order valence-corrected chi connectivity index (χ1v) is 8.62. The second kappa shape index (κ2) is 6.16. The number of carbonyl (C=O) groups is 1. The van der Waals surface area contributed by atoms with E-state index in [-0.39, 0.29) is 11.4 Å². The number of aryl methyl sites for hydroxylation is 2. The van der Waals surface area contributed by atoms with E-state index >= 15 is 0 Å². The molecule has 0 unspecified atom stereocenters. The van der Waals surface area contributed by atoms with E-state index in [1.807, 2.05) is 31.9 Å². The minimum atomic E-state index is -0.233. The summed E-state index contributed by atoms with van der Waals surface area (Å²) < 4.78 is 1.75. The van der Waals surface area contributed by atoms with Gasteiger partial charge in [0.15, 0.2) is 5.65 Å². The fourth-order valence-corrected chi connectivity index (χ4v) is 3.42. The molecule has 1 fully saturated rings. The molecule has 0 atom stereocenters. The zero-order valence-corrected chi connectivity index (χ0v) is 15.3. The molecule has 1 aliphatic rings. The number of likely N-dealkylation sites (tertiary alicyclic amines) is 1. The zero-order valence-electron chi connectivity index (χ0n) is 15.3. The summed E-state index contributed by atoms with van der Waals surface area (Å²) in [6.07, 6.45) is 4.19. The van der Waals surface area contributed by atoms with Gasteiger partial charge in [-0.3, -0.25) is 4.79 Å². The third-order valence-corrected chi connectivity index (χ3v) is 5.10. The molecule has 0 saturated carbocycles. The Labute approximate surface area is 143 Å². The average molecular weight is 329 g/mol. The van der Waals surface area contributed by atoms with Gasteiger partial charge in [0.1, 0.15) is 0 Å². The molecular formula is C18H27N5O. The molecule has 1 amide bonds. The molecule has 0 aliphatic carbocycles. The van der Waals surface area contributed by atoms with Gasteiger partial charge in [-0.2, -0.15) is 5.10 Å². The standard InChI is InChI=1S/C18H27N5O/c1-13-10-16-19-11-15(14(2)23(16)20-13)17(24)21(5)18(3,4)12-22-8-6-7-9-22/h10-11H,6-9,12H2,1-5H3. The summed E-state index contributed by atoms with van der Waals surface area (Å²) in [5.41, 5.74) is 2.89. The van der Waals surface area contributed by atoms with Crippen LogP contribution in [0.1, 0.15) is 48.4 Å². The quantitative estimate of drug-likeness (QED) is 0.864. The molecule has 3 rings (SSSR count). The highest BCUT2D eigenvalue weighted by molar-refractivity contribution is 5.95. The van der Waals surface area contributed by atoms with Crippen LogP contribution in [0.2, 0.25) is 0 Å². The number of rotatable bonds is 4. The number of nitrogens with zero attached hydrogens (tertiary/aromatic N) is 5. The molecule has 6 heteroatoms. The number of carbonyl (C=O) groups excluding carboxylic acids is 1. The Hall–Kier alpha value is -1.95. The molecule has 0 aromatic carbocycles. The van der Waals surface area contributed by atoms with Gasteiger partial charge in [0.25, 0.3) is 5.91 Å². The smallest absolute Gasteiger partial charge is 0.257 e. The molecule has 130 valence electrons. The fraction of sp³-hybridized carbons (Fsp3) is 0.611. The molecule has 6 nitrogen and oxygen atoms in total. The van der Waals surface area contributed by atoms with Gasteiger partial charge in [0.05, 0.1) is 17.0 Å². The van der Waals surface area contributed by atoms with Crippen LogP contribution in [0.5, 0.6) is 0 Å². The van der Waals surface area contributed by atoms with Gasteiger partial charge in [-0.15, -0.1) is 0 Å². The number of amides is 1. The molecule has 0 bridgehead atoms. The highest BCUT2D eigenvalue weighted by Crippen LogP contribution is 2.21. The Morgan fingerprint density at radius 2 is 1.96 bits per heavy atom. The van der Waals surface area contributed by atoms with Gasteiger partial charge in [0, 0.05) is 31.4 Å². The number of likely N-dealkylation sites (N-methyl/N-ethyl adjacent to an activating group) is 1. The van der Waals surface area contributed by atoms with E-state index in [0.717, 1.165) is 36.7 Å². The monoisotopic (exact) mass is 329 g/mol. The minimum Gasteiger partial charge on any atom is -0.335 e. The summed E-state index contributed by atoms with van der Waals surface area (Å²) in [6.45, 7) is 11.3. The fourth-order valence-electron chi connectivity index (χ4n) is 3.42. The largest absolute Gasteiger partial charge is 0.335 e. The maximum absolute atomic E-state index is 13.1. The summed E-state index contributed by atoms with van der Waals surface area (Å²) in [4.78, 5) is 21.7. The first-order valence-electron chi connectivity index (χ1n) is 8.62. The number of aromatic nitrogens is 3. The van der Waals surface area contributed by atoms with E-state index < -0.39 is 0 Å². The first-order chi connectivity index (χ1) is 11.3. The molecule has 0 N–H and O–H groups in total.